The summed E-state index contributed by atoms with van der Waals surface area (Å²) < 4.78 is 4.81. The van der Waals surface area contributed by atoms with Gasteiger partial charge >= 0.3 is 0 Å². The highest BCUT2D eigenvalue weighted by atomic mass is 16.6. The Bertz CT molecular complexity index is 435. The van der Waals surface area contributed by atoms with E-state index in [1.165, 1.54) is 31.4 Å². The zero-order chi connectivity index (χ0) is 13.5. The van der Waals surface area contributed by atoms with Gasteiger partial charge in [0.1, 0.15) is 0 Å². The molecule has 0 aromatic heterocycles. The molecule has 0 saturated heterocycles. The van der Waals surface area contributed by atoms with Crippen LogP contribution in [0.25, 0.3) is 0 Å². The fourth-order valence-electron chi connectivity index (χ4n) is 1.37. The SMILES string of the molecule is COCC(CO)NC(=O)c1cccc([N+](=O)[O-])c1. The first-order chi connectivity index (χ1) is 8.58. The molecule has 1 aromatic carbocycles. The van der Waals surface area contributed by atoms with Crippen molar-refractivity contribution in [1.82, 2.24) is 5.32 Å². The molecule has 0 bridgehead atoms. The molecule has 1 aromatic rings. The fraction of sp³-hybridized carbons (Fsp3) is 0.364. The molecular weight excluding hydrogens is 240 g/mol. The Morgan fingerprint density at radius 2 is 2.33 bits per heavy atom. The van der Waals surface area contributed by atoms with Crippen LogP contribution in [0.1, 0.15) is 10.4 Å². The molecule has 0 aliphatic heterocycles. The first-order valence-corrected chi connectivity index (χ1v) is 5.23. The number of methoxy groups -OCH3 is 1. The van der Waals surface area contributed by atoms with Crippen molar-refractivity contribution in [1.29, 1.82) is 0 Å². The average Bonchev–Trinajstić information content (AvgIpc) is 2.38. The van der Waals surface area contributed by atoms with E-state index in [9.17, 15) is 14.9 Å². The maximum atomic E-state index is 11.8. The smallest absolute Gasteiger partial charge is 0.270 e. The Labute approximate surface area is 104 Å². The maximum Gasteiger partial charge on any atom is 0.270 e. The number of amides is 1. The minimum atomic E-state index is -0.574. The Morgan fingerprint density at radius 1 is 1.61 bits per heavy atom. The van der Waals surface area contributed by atoms with E-state index in [1.54, 1.807) is 0 Å². The third-order valence-electron chi connectivity index (χ3n) is 2.24. The number of hydrogen-bond acceptors (Lipinski definition) is 5. The molecule has 1 amide bonds. The van der Waals surface area contributed by atoms with Gasteiger partial charge in [-0.3, -0.25) is 14.9 Å². The molecule has 0 aliphatic carbocycles. The summed E-state index contributed by atoms with van der Waals surface area (Å²) in [5.74, 6) is -0.491. The average molecular weight is 254 g/mol. The number of rotatable bonds is 6. The lowest BCUT2D eigenvalue weighted by molar-refractivity contribution is -0.384. The largest absolute Gasteiger partial charge is 0.394 e. The van der Waals surface area contributed by atoms with Crippen molar-refractivity contribution >= 4 is 11.6 Å². The molecule has 0 saturated carbocycles. The van der Waals surface area contributed by atoms with E-state index < -0.39 is 16.9 Å². The predicted octanol–water partition coefficient (Wildman–Crippen LogP) is 0.332. The number of nitrogens with zero attached hydrogens (tertiary/aromatic N) is 1. The summed E-state index contributed by atoms with van der Waals surface area (Å²) >= 11 is 0. The van der Waals surface area contributed by atoms with Gasteiger partial charge in [0.2, 0.25) is 0 Å². The van der Waals surface area contributed by atoms with Crippen LogP contribution in [-0.2, 0) is 4.74 Å². The maximum absolute atomic E-state index is 11.8. The van der Waals surface area contributed by atoms with Gasteiger partial charge < -0.3 is 15.2 Å². The summed E-state index contributed by atoms with van der Waals surface area (Å²) in [7, 11) is 1.45. The predicted molar refractivity (Wildman–Crippen MR) is 63.3 cm³/mol. The zero-order valence-corrected chi connectivity index (χ0v) is 9.83. The molecule has 18 heavy (non-hydrogen) atoms. The quantitative estimate of drug-likeness (QED) is 0.562. The number of aliphatic hydroxyl groups excluding tert-OH is 1. The van der Waals surface area contributed by atoms with Crippen molar-refractivity contribution in [3.05, 3.63) is 39.9 Å². The monoisotopic (exact) mass is 254 g/mol. The van der Waals surface area contributed by atoms with Crippen molar-refractivity contribution in [2.24, 2.45) is 0 Å². The highest BCUT2D eigenvalue weighted by Gasteiger charge is 2.15. The van der Waals surface area contributed by atoms with Gasteiger partial charge in [-0.05, 0) is 6.07 Å². The van der Waals surface area contributed by atoms with E-state index in [-0.39, 0.29) is 24.5 Å². The van der Waals surface area contributed by atoms with Crippen molar-refractivity contribution in [3.8, 4) is 0 Å². The van der Waals surface area contributed by atoms with E-state index >= 15 is 0 Å². The number of carbonyl (C=O) groups excluding carboxylic acids is 1. The van der Waals surface area contributed by atoms with Crippen LogP contribution in [0.3, 0.4) is 0 Å². The van der Waals surface area contributed by atoms with Crippen LogP contribution in [0.5, 0.6) is 0 Å². The van der Waals surface area contributed by atoms with Crippen molar-refractivity contribution < 1.29 is 19.6 Å². The number of non-ortho nitro benzene ring substituents is 1. The number of hydrogen-bond donors (Lipinski definition) is 2. The third-order valence-corrected chi connectivity index (χ3v) is 2.24. The van der Waals surface area contributed by atoms with Crippen LogP contribution < -0.4 is 5.32 Å². The molecule has 7 nitrogen and oxygen atoms in total. The van der Waals surface area contributed by atoms with Crippen LogP contribution in [0.4, 0.5) is 5.69 Å². The van der Waals surface area contributed by atoms with Gasteiger partial charge in [0.05, 0.1) is 24.2 Å². The molecule has 0 radical (unpaired) electrons. The number of ether oxygens (including phenoxy) is 1. The van der Waals surface area contributed by atoms with Gasteiger partial charge in [-0.2, -0.15) is 0 Å². The summed E-state index contributed by atoms with van der Waals surface area (Å²) in [5.41, 5.74) is 0.00805. The summed E-state index contributed by atoms with van der Waals surface area (Å²) in [5, 5.41) is 22.1. The van der Waals surface area contributed by atoms with Crippen LogP contribution in [-0.4, -0.2) is 42.3 Å². The molecule has 1 rings (SSSR count). The van der Waals surface area contributed by atoms with E-state index in [1.807, 2.05) is 0 Å². The molecule has 2 N–H and O–H groups in total. The molecule has 0 aliphatic rings. The highest BCUT2D eigenvalue weighted by molar-refractivity contribution is 5.95. The molecule has 1 atom stereocenters. The number of nitro benzene ring substituents is 1. The number of nitrogens with one attached hydrogen (secondary N) is 1. The second-order valence-corrected chi connectivity index (χ2v) is 3.62. The minimum Gasteiger partial charge on any atom is -0.394 e. The fourth-order valence-corrected chi connectivity index (χ4v) is 1.37. The molecule has 1 unspecified atom stereocenters. The minimum absolute atomic E-state index is 0.157. The molecule has 0 heterocycles. The second kappa shape index (κ2) is 6.67. The molecule has 7 heteroatoms. The molecular formula is C11H14N2O5. The normalized spacial score (nSPS) is 11.9. The number of benzene rings is 1. The Morgan fingerprint density at radius 3 is 2.89 bits per heavy atom. The number of nitro groups is 1. The number of aliphatic hydroxyl groups is 1. The van der Waals surface area contributed by atoms with Gasteiger partial charge in [0, 0.05) is 24.8 Å². The highest BCUT2D eigenvalue weighted by Crippen LogP contribution is 2.12. The summed E-state index contributed by atoms with van der Waals surface area (Å²) in [6, 6.07) is 4.83. The summed E-state index contributed by atoms with van der Waals surface area (Å²) in [6.45, 7) is -0.105. The first kappa shape index (κ1) is 14.1. The zero-order valence-electron chi connectivity index (χ0n) is 9.83. The Balaban J connectivity index is 2.77. The third kappa shape index (κ3) is 3.79. The summed E-state index contributed by atoms with van der Waals surface area (Å²) in [6.07, 6.45) is 0. The molecule has 0 fully saturated rings. The molecule has 98 valence electrons. The van der Waals surface area contributed by atoms with Crippen molar-refractivity contribution in [2.45, 2.75) is 6.04 Å². The van der Waals surface area contributed by atoms with Crippen LogP contribution in [0.2, 0.25) is 0 Å². The van der Waals surface area contributed by atoms with Gasteiger partial charge in [0.25, 0.3) is 11.6 Å². The van der Waals surface area contributed by atoms with E-state index in [0.29, 0.717) is 0 Å². The standard InChI is InChI=1S/C11H14N2O5/c1-18-7-9(6-14)12-11(15)8-3-2-4-10(5-8)13(16)17/h2-5,9,14H,6-7H2,1H3,(H,12,15). The van der Waals surface area contributed by atoms with Crippen LogP contribution in [0, 0.1) is 10.1 Å². The van der Waals surface area contributed by atoms with Crippen LogP contribution in [0.15, 0.2) is 24.3 Å². The topological polar surface area (TPSA) is 102 Å². The second-order valence-electron chi connectivity index (χ2n) is 3.62. The van der Waals surface area contributed by atoms with Gasteiger partial charge in [-0.1, -0.05) is 6.07 Å². The van der Waals surface area contributed by atoms with Gasteiger partial charge in [-0.15, -0.1) is 0 Å². The lowest BCUT2D eigenvalue weighted by Gasteiger charge is -2.14. The lowest BCUT2D eigenvalue weighted by atomic mass is 10.2. The summed E-state index contributed by atoms with van der Waals surface area (Å²) in [4.78, 5) is 21.8. The van der Waals surface area contributed by atoms with E-state index in [2.05, 4.69) is 5.32 Å². The lowest BCUT2D eigenvalue weighted by Crippen LogP contribution is -2.40. The van der Waals surface area contributed by atoms with Crippen molar-refractivity contribution in [3.63, 3.8) is 0 Å². The van der Waals surface area contributed by atoms with Crippen molar-refractivity contribution in [2.75, 3.05) is 20.3 Å². The first-order valence-electron chi connectivity index (χ1n) is 5.23. The Hall–Kier alpha value is -1.99. The number of carbonyl (C=O) groups is 1. The van der Waals surface area contributed by atoms with E-state index in [0.717, 1.165) is 0 Å². The van der Waals surface area contributed by atoms with Crippen LogP contribution >= 0.6 is 0 Å². The van der Waals surface area contributed by atoms with E-state index in [4.69, 9.17) is 9.84 Å². The van der Waals surface area contributed by atoms with Gasteiger partial charge in [-0.25, -0.2) is 0 Å². The Kier molecular flexibility index (Phi) is 5.22. The van der Waals surface area contributed by atoms with Gasteiger partial charge in [0.15, 0.2) is 0 Å². The molecule has 0 spiro atoms.